The summed E-state index contributed by atoms with van der Waals surface area (Å²) in [5.41, 5.74) is 9.16. The summed E-state index contributed by atoms with van der Waals surface area (Å²) in [7, 11) is 1.67. The number of aryl methyl sites for hydroxylation is 1. The summed E-state index contributed by atoms with van der Waals surface area (Å²) in [5, 5.41) is 0. The lowest BCUT2D eigenvalue weighted by Gasteiger charge is -2.13. The highest BCUT2D eigenvalue weighted by molar-refractivity contribution is 5.71. The molecule has 0 atom stereocenters. The lowest BCUT2D eigenvalue weighted by molar-refractivity contribution is 0.348. The van der Waals surface area contributed by atoms with Gasteiger partial charge in [0.15, 0.2) is 0 Å². The summed E-state index contributed by atoms with van der Waals surface area (Å²) in [6.45, 7) is 6.61. The molecular formula is C25H31N3O2. The number of benzene rings is 1. The van der Waals surface area contributed by atoms with Gasteiger partial charge in [-0.05, 0) is 49.6 Å². The zero-order valence-electron chi connectivity index (χ0n) is 18.3. The molecule has 0 amide bonds. The number of aliphatic imine (C=N–C) groups is 1. The van der Waals surface area contributed by atoms with Gasteiger partial charge in [0.1, 0.15) is 12.4 Å². The van der Waals surface area contributed by atoms with Crippen molar-refractivity contribution in [3.8, 4) is 17.6 Å². The molecule has 2 aromatic rings. The molecule has 1 aliphatic carbocycles. The minimum absolute atomic E-state index is 0.106. The molecule has 0 spiro atoms. The predicted octanol–water partition coefficient (Wildman–Crippen LogP) is 3.91. The first-order valence-electron chi connectivity index (χ1n) is 10.4. The van der Waals surface area contributed by atoms with E-state index < -0.39 is 0 Å². The van der Waals surface area contributed by atoms with Crippen molar-refractivity contribution in [1.82, 2.24) is 4.57 Å². The normalized spacial score (nSPS) is 13.3. The maximum Gasteiger partial charge on any atom is 0.254 e. The van der Waals surface area contributed by atoms with Crippen LogP contribution in [-0.2, 0) is 6.54 Å². The predicted molar refractivity (Wildman–Crippen MR) is 124 cm³/mol. The molecule has 1 aromatic heterocycles. The van der Waals surface area contributed by atoms with Gasteiger partial charge in [-0.1, -0.05) is 37.8 Å². The molecule has 5 heteroatoms. The van der Waals surface area contributed by atoms with Crippen molar-refractivity contribution in [2.24, 2.45) is 16.6 Å². The smallest absolute Gasteiger partial charge is 0.254 e. The number of rotatable bonds is 6. The molecule has 1 heterocycles. The summed E-state index contributed by atoms with van der Waals surface area (Å²) < 4.78 is 7.34. The van der Waals surface area contributed by atoms with Crippen molar-refractivity contribution in [2.75, 3.05) is 13.7 Å². The Kier molecular flexibility index (Phi) is 8.96. The fourth-order valence-corrected chi connectivity index (χ4v) is 2.66. The molecule has 0 unspecified atom stereocenters. The van der Waals surface area contributed by atoms with Crippen LogP contribution in [0.4, 0.5) is 0 Å². The van der Waals surface area contributed by atoms with Gasteiger partial charge in [-0.25, -0.2) is 0 Å². The van der Waals surface area contributed by atoms with Gasteiger partial charge in [0.05, 0.1) is 6.54 Å². The molecule has 0 aliphatic heterocycles. The number of nitrogens with two attached hydrogens (primary N) is 1. The van der Waals surface area contributed by atoms with Crippen LogP contribution >= 0.6 is 0 Å². The zero-order valence-corrected chi connectivity index (χ0v) is 18.3. The van der Waals surface area contributed by atoms with E-state index in [1.54, 1.807) is 23.9 Å². The zero-order chi connectivity index (χ0) is 21.9. The van der Waals surface area contributed by atoms with E-state index in [4.69, 9.17) is 10.5 Å². The Morgan fingerprint density at radius 3 is 2.57 bits per heavy atom. The van der Waals surface area contributed by atoms with Crippen molar-refractivity contribution in [3.63, 3.8) is 0 Å². The van der Waals surface area contributed by atoms with Crippen LogP contribution in [0.25, 0.3) is 0 Å². The van der Waals surface area contributed by atoms with Crippen LogP contribution in [-0.4, -0.2) is 24.4 Å². The van der Waals surface area contributed by atoms with Gasteiger partial charge in [0, 0.05) is 42.2 Å². The van der Waals surface area contributed by atoms with E-state index in [1.165, 1.54) is 18.9 Å². The Morgan fingerprint density at radius 2 is 1.97 bits per heavy atom. The van der Waals surface area contributed by atoms with Crippen LogP contribution in [0.5, 0.6) is 5.75 Å². The minimum atomic E-state index is -0.106. The van der Waals surface area contributed by atoms with Crippen LogP contribution in [0.1, 0.15) is 43.5 Å². The van der Waals surface area contributed by atoms with Crippen LogP contribution in [0.15, 0.2) is 58.0 Å². The number of pyridine rings is 1. The second-order valence-electron chi connectivity index (χ2n) is 6.93. The number of aromatic nitrogens is 1. The first kappa shape index (κ1) is 23.0. The van der Waals surface area contributed by atoms with E-state index in [2.05, 4.69) is 16.8 Å². The van der Waals surface area contributed by atoms with E-state index in [1.807, 2.05) is 51.1 Å². The molecular weight excluding hydrogens is 374 g/mol. The molecule has 30 heavy (non-hydrogen) atoms. The van der Waals surface area contributed by atoms with Crippen LogP contribution in [0, 0.1) is 24.7 Å². The summed E-state index contributed by atoms with van der Waals surface area (Å²) in [5.74, 6) is 7.56. The van der Waals surface area contributed by atoms with E-state index in [-0.39, 0.29) is 12.2 Å². The quantitative estimate of drug-likeness (QED) is 0.585. The highest BCUT2D eigenvalue weighted by Gasteiger charge is 2.17. The average molecular weight is 406 g/mol. The number of nitrogens with zero attached hydrogens (tertiary/aromatic N) is 2. The first-order valence-corrected chi connectivity index (χ1v) is 10.4. The van der Waals surface area contributed by atoms with Crippen molar-refractivity contribution < 1.29 is 4.74 Å². The van der Waals surface area contributed by atoms with Gasteiger partial charge in [0.2, 0.25) is 0 Å². The van der Waals surface area contributed by atoms with Crippen molar-refractivity contribution >= 4 is 6.21 Å². The topological polar surface area (TPSA) is 69.6 Å². The van der Waals surface area contributed by atoms with Gasteiger partial charge < -0.3 is 15.0 Å². The Labute approximate surface area is 179 Å². The van der Waals surface area contributed by atoms with Gasteiger partial charge in [0.25, 0.3) is 5.56 Å². The minimum Gasteiger partial charge on any atom is -0.487 e. The Bertz CT molecular complexity index is 1000. The Hall–Kier alpha value is -3.26. The Morgan fingerprint density at radius 1 is 1.27 bits per heavy atom. The number of hydrogen-bond donors (Lipinski definition) is 1. The van der Waals surface area contributed by atoms with E-state index in [0.717, 1.165) is 16.8 Å². The lowest BCUT2D eigenvalue weighted by Crippen LogP contribution is -2.22. The maximum atomic E-state index is 12.5. The van der Waals surface area contributed by atoms with Gasteiger partial charge in [-0.2, -0.15) is 0 Å². The third-order valence-corrected chi connectivity index (χ3v) is 4.44. The molecule has 5 nitrogen and oxygen atoms in total. The monoisotopic (exact) mass is 405 g/mol. The number of allylic oxidation sites excluding steroid dienone is 1. The second-order valence-corrected chi connectivity index (χ2v) is 6.93. The molecule has 1 aliphatic rings. The van der Waals surface area contributed by atoms with E-state index in [9.17, 15) is 4.79 Å². The largest absolute Gasteiger partial charge is 0.487 e. The molecule has 3 rings (SSSR count). The highest BCUT2D eigenvalue weighted by Crippen LogP contribution is 2.27. The van der Waals surface area contributed by atoms with E-state index >= 15 is 0 Å². The second kappa shape index (κ2) is 11.7. The van der Waals surface area contributed by atoms with Gasteiger partial charge in [-0.3, -0.25) is 9.79 Å². The molecule has 0 bridgehead atoms. The summed E-state index contributed by atoms with van der Waals surface area (Å²) >= 11 is 0. The third kappa shape index (κ3) is 7.29. The SMILES string of the molecule is CC.CN=C/C=C(\N)COc1cc(C)n(Cc2ccc(C#CC3CC3)cc2)c(=O)c1. The first-order chi connectivity index (χ1) is 14.5. The molecule has 0 radical (unpaired) electrons. The third-order valence-electron chi connectivity index (χ3n) is 4.44. The van der Waals surface area contributed by atoms with Crippen molar-refractivity contribution in [1.29, 1.82) is 0 Å². The fraction of sp³-hybridized carbons (Fsp3) is 0.360. The summed E-state index contributed by atoms with van der Waals surface area (Å²) in [6, 6.07) is 11.4. The Balaban J connectivity index is 0.00000155. The van der Waals surface area contributed by atoms with E-state index in [0.29, 0.717) is 23.9 Å². The van der Waals surface area contributed by atoms with Crippen molar-refractivity contribution in [3.05, 3.63) is 75.3 Å². The molecule has 0 saturated heterocycles. The summed E-state index contributed by atoms with van der Waals surface area (Å²) in [6.07, 6.45) is 5.73. The van der Waals surface area contributed by atoms with Gasteiger partial charge in [-0.15, -0.1) is 0 Å². The fourth-order valence-electron chi connectivity index (χ4n) is 2.66. The molecule has 158 valence electrons. The molecule has 1 aromatic carbocycles. The highest BCUT2D eigenvalue weighted by atomic mass is 16.5. The lowest BCUT2D eigenvalue weighted by atomic mass is 10.1. The molecule has 1 fully saturated rings. The van der Waals surface area contributed by atoms with Gasteiger partial charge >= 0.3 is 0 Å². The molecule has 2 N–H and O–H groups in total. The average Bonchev–Trinajstić information content (AvgIpc) is 3.58. The van der Waals surface area contributed by atoms with Crippen LogP contribution in [0.2, 0.25) is 0 Å². The van der Waals surface area contributed by atoms with Crippen LogP contribution < -0.4 is 16.0 Å². The van der Waals surface area contributed by atoms with Crippen molar-refractivity contribution in [2.45, 2.75) is 40.2 Å². The summed E-state index contributed by atoms with van der Waals surface area (Å²) in [4.78, 5) is 16.4. The molecule has 1 saturated carbocycles. The number of hydrogen-bond acceptors (Lipinski definition) is 4. The maximum absolute atomic E-state index is 12.5. The standard InChI is InChI=1S/C23H25N3O2.C2H6/c1-17-13-22(28-16-21(24)11-12-25-2)14-23(27)26(17)15-20-9-7-19(8-10-20)6-5-18-3-4-18;1-2/h7-14,18H,3-4,15-16,24H2,1-2H3;1-2H3/b21-11-,25-12?;. The number of ether oxygens (including phenoxy) is 1. The van der Waals surface area contributed by atoms with Crippen LogP contribution in [0.3, 0.4) is 0 Å².